The standard InChI is InChI=1S/C17H22N4O3S/c1-10-14(12(3)24-20-10)9-25-16-13(7-6-8-18-16)15(22)19-11(2)17(23)21(4)5/h6-8,11H,9H2,1-5H3,(H,19,22). The first-order valence-electron chi connectivity index (χ1n) is 7.82. The first-order chi connectivity index (χ1) is 11.8. The van der Waals surface area contributed by atoms with Gasteiger partial charge in [-0.3, -0.25) is 9.59 Å². The van der Waals surface area contributed by atoms with Crippen LogP contribution in [-0.2, 0) is 10.5 Å². The van der Waals surface area contributed by atoms with E-state index in [0.29, 0.717) is 16.3 Å². The molecule has 0 radical (unpaired) electrons. The molecule has 2 aromatic heterocycles. The van der Waals surface area contributed by atoms with Gasteiger partial charge in [0, 0.05) is 31.6 Å². The van der Waals surface area contributed by atoms with Gasteiger partial charge in [0.25, 0.3) is 5.91 Å². The lowest BCUT2D eigenvalue weighted by Crippen LogP contribution is -2.44. The molecule has 1 atom stereocenters. The second kappa shape index (κ2) is 8.15. The summed E-state index contributed by atoms with van der Waals surface area (Å²) < 4.78 is 5.16. The Hall–Kier alpha value is -2.35. The fraction of sp³-hybridized carbons (Fsp3) is 0.412. The van der Waals surface area contributed by atoms with E-state index in [1.165, 1.54) is 16.7 Å². The van der Waals surface area contributed by atoms with Crippen molar-refractivity contribution >= 4 is 23.6 Å². The Balaban J connectivity index is 2.12. The van der Waals surface area contributed by atoms with Crippen molar-refractivity contribution in [2.24, 2.45) is 0 Å². The van der Waals surface area contributed by atoms with Gasteiger partial charge in [0.1, 0.15) is 16.8 Å². The van der Waals surface area contributed by atoms with E-state index in [2.05, 4.69) is 15.5 Å². The number of amides is 2. The van der Waals surface area contributed by atoms with Crippen LogP contribution in [0.15, 0.2) is 27.9 Å². The van der Waals surface area contributed by atoms with Crippen LogP contribution in [0.25, 0.3) is 0 Å². The molecule has 0 aromatic carbocycles. The summed E-state index contributed by atoms with van der Waals surface area (Å²) in [6.07, 6.45) is 1.64. The number of nitrogens with zero attached hydrogens (tertiary/aromatic N) is 3. The Labute approximate surface area is 151 Å². The highest BCUT2D eigenvalue weighted by atomic mass is 32.2. The maximum absolute atomic E-state index is 12.5. The smallest absolute Gasteiger partial charge is 0.254 e. The molecule has 1 unspecified atom stereocenters. The number of carbonyl (C=O) groups excluding carboxylic acids is 2. The number of thioether (sulfide) groups is 1. The highest BCUT2D eigenvalue weighted by molar-refractivity contribution is 7.98. The van der Waals surface area contributed by atoms with Crippen LogP contribution in [0.1, 0.15) is 34.3 Å². The predicted octanol–water partition coefficient (Wildman–Crippen LogP) is 2.19. The zero-order valence-corrected chi connectivity index (χ0v) is 15.8. The third kappa shape index (κ3) is 4.60. The Morgan fingerprint density at radius 2 is 2.08 bits per heavy atom. The number of pyridine rings is 1. The summed E-state index contributed by atoms with van der Waals surface area (Å²) in [7, 11) is 3.31. The Kier molecular flexibility index (Phi) is 6.19. The minimum Gasteiger partial charge on any atom is -0.361 e. The van der Waals surface area contributed by atoms with E-state index < -0.39 is 6.04 Å². The number of nitrogens with one attached hydrogen (secondary N) is 1. The van der Waals surface area contributed by atoms with E-state index in [0.717, 1.165) is 17.0 Å². The molecule has 8 heteroatoms. The summed E-state index contributed by atoms with van der Waals surface area (Å²) in [5.74, 6) is 0.876. The average molecular weight is 362 g/mol. The van der Waals surface area contributed by atoms with Gasteiger partial charge in [-0.05, 0) is 32.9 Å². The van der Waals surface area contributed by atoms with Gasteiger partial charge in [-0.2, -0.15) is 0 Å². The van der Waals surface area contributed by atoms with Crippen LogP contribution in [0, 0.1) is 13.8 Å². The lowest BCUT2D eigenvalue weighted by atomic mass is 10.2. The molecular formula is C17H22N4O3S. The van der Waals surface area contributed by atoms with Crippen molar-refractivity contribution in [3.8, 4) is 0 Å². The third-order valence-electron chi connectivity index (χ3n) is 3.71. The van der Waals surface area contributed by atoms with Gasteiger partial charge in [-0.15, -0.1) is 11.8 Å². The van der Waals surface area contributed by atoms with Crippen molar-refractivity contribution in [2.75, 3.05) is 14.1 Å². The zero-order valence-electron chi connectivity index (χ0n) is 15.0. The minimum absolute atomic E-state index is 0.165. The molecule has 1 N–H and O–H groups in total. The maximum atomic E-state index is 12.5. The Morgan fingerprint density at radius 3 is 2.68 bits per heavy atom. The Morgan fingerprint density at radius 1 is 1.36 bits per heavy atom. The number of aryl methyl sites for hydroxylation is 2. The van der Waals surface area contributed by atoms with Crippen LogP contribution in [0.4, 0.5) is 0 Å². The molecule has 0 saturated carbocycles. The molecular weight excluding hydrogens is 340 g/mol. The predicted molar refractivity (Wildman–Crippen MR) is 95.4 cm³/mol. The van der Waals surface area contributed by atoms with Crippen LogP contribution in [0.3, 0.4) is 0 Å². The number of rotatable bonds is 6. The van der Waals surface area contributed by atoms with E-state index in [9.17, 15) is 9.59 Å². The highest BCUT2D eigenvalue weighted by Crippen LogP contribution is 2.27. The van der Waals surface area contributed by atoms with E-state index in [1.807, 2.05) is 13.8 Å². The van der Waals surface area contributed by atoms with E-state index >= 15 is 0 Å². The SMILES string of the molecule is Cc1noc(C)c1CSc1ncccc1C(=O)NC(C)C(=O)N(C)C. The van der Waals surface area contributed by atoms with Crippen LogP contribution < -0.4 is 5.32 Å². The molecule has 134 valence electrons. The monoisotopic (exact) mass is 362 g/mol. The molecule has 2 rings (SSSR count). The summed E-state index contributed by atoms with van der Waals surface area (Å²) >= 11 is 1.44. The Bertz CT molecular complexity index is 754. The molecule has 0 fully saturated rings. The summed E-state index contributed by atoms with van der Waals surface area (Å²) in [6, 6.07) is 2.79. The minimum atomic E-state index is -0.608. The second-order valence-corrected chi connectivity index (χ2v) is 6.84. The highest BCUT2D eigenvalue weighted by Gasteiger charge is 2.21. The fourth-order valence-corrected chi connectivity index (χ4v) is 3.40. The van der Waals surface area contributed by atoms with Crippen LogP contribution in [-0.4, -0.2) is 47.0 Å². The number of aromatic nitrogens is 2. The second-order valence-electron chi connectivity index (χ2n) is 5.88. The molecule has 2 heterocycles. The van der Waals surface area contributed by atoms with Crippen molar-refractivity contribution < 1.29 is 14.1 Å². The van der Waals surface area contributed by atoms with Crippen molar-refractivity contribution in [3.63, 3.8) is 0 Å². The first-order valence-corrected chi connectivity index (χ1v) is 8.81. The van der Waals surface area contributed by atoms with Gasteiger partial charge in [0.2, 0.25) is 5.91 Å². The van der Waals surface area contributed by atoms with Crippen LogP contribution in [0.5, 0.6) is 0 Å². The third-order valence-corrected chi connectivity index (χ3v) is 4.74. The molecule has 0 saturated heterocycles. The van der Waals surface area contributed by atoms with Crippen LogP contribution >= 0.6 is 11.8 Å². The van der Waals surface area contributed by atoms with Gasteiger partial charge < -0.3 is 14.7 Å². The van der Waals surface area contributed by atoms with Crippen LogP contribution in [0.2, 0.25) is 0 Å². The summed E-state index contributed by atoms with van der Waals surface area (Å²) in [5, 5.41) is 7.25. The normalized spacial score (nSPS) is 11.9. The van der Waals surface area contributed by atoms with Gasteiger partial charge in [-0.25, -0.2) is 4.98 Å². The molecule has 0 aliphatic rings. The van der Waals surface area contributed by atoms with Crippen molar-refractivity contribution in [3.05, 3.63) is 40.9 Å². The quantitative estimate of drug-likeness (QED) is 0.793. The molecule has 0 aliphatic carbocycles. The lowest BCUT2D eigenvalue weighted by molar-refractivity contribution is -0.130. The number of hydrogen-bond donors (Lipinski definition) is 1. The summed E-state index contributed by atoms with van der Waals surface area (Å²) in [5.41, 5.74) is 2.27. The molecule has 2 aromatic rings. The molecule has 0 aliphatic heterocycles. The molecule has 0 bridgehead atoms. The van der Waals surface area contributed by atoms with Gasteiger partial charge >= 0.3 is 0 Å². The van der Waals surface area contributed by atoms with Crippen molar-refractivity contribution in [1.82, 2.24) is 20.4 Å². The topological polar surface area (TPSA) is 88.3 Å². The molecule has 25 heavy (non-hydrogen) atoms. The first kappa shape index (κ1) is 19.0. The molecule has 2 amide bonds. The number of hydrogen-bond acceptors (Lipinski definition) is 6. The van der Waals surface area contributed by atoms with E-state index in [-0.39, 0.29) is 11.8 Å². The largest absolute Gasteiger partial charge is 0.361 e. The summed E-state index contributed by atoms with van der Waals surface area (Å²) in [4.78, 5) is 30.2. The van der Waals surface area contributed by atoms with Crippen molar-refractivity contribution in [1.29, 1.82) is 0 Å². The van der Waals surface area contributed by atoms with Gasteiger partial charge in [0.15, 0.2) is 0 Å². The fourth-order valence-electron chi connectivity index (χ4n) is 2.25. The van der Waals surface area contributed by atoms with E-state index in [4.69, 9.17) is 4.52 Å². The number of likely N-dealkylation sites (N-methyl/N-ethyl adjacent to an activating group) is 1. The average Bonchev–Trinajstić information content (AvgIpc) is 2.90. The zero-order chi connectivity index (χ0) is 18.6. The lowest BCUT2D eigenvalue weighted by Gasteiger charge is -2.18. The molecule has 0 spiro atoms. The maximum Gasteiger partial charge on any atom is 0.254 e. The number of carbonyl (C=O) groups is 2. The van der Waals surface area contributed by atoms with Gasteiger partial charge in [0.05, 0.1) is 11.3 Å². The van der Waals surface area contributed by atoms with Gasteiger partial charge in [-0.1, -0.05) is 5.16 Å². The molecule has 7 nitrogen and oxygen atoms in total. The summed E-state index contributed by atoms with van der Waals surface area (Å²) in [6.45, 7) is 5.40. The van der Waals surface area contributed by atoms with E-state index in [1.54, 1.807) is 39.3 Å². The van der Waals surface area contributed by atoms with Crippen molar-refractivity contribution in [2.45, 2.75) is 37.6 Å².